The van der Waals surface area contributed by atoms with Crippen LogP contribution in [-0.4, -0.2) is 47.4 Å². The highest BCUT2D eigenvalue weighted by molar-refractivity contribution is 5.82. The molecule has 0 aliphatic carbocycles. The van der Waals surface area contributed by atoms with Gasteiger partial charge in [-0.15, -0.1) is 0 Å². The Hall–Kier alpha value is -3.19. The summed E-state index contributed by atoms with van der Waals surface area (Å²) in [4.78, 5) is 36.5. The first-order chi connectivity index (χ1) is 13.0. The highest BCUT2D eigenvalue weighted by atomic mass is 16.4. The highest BCUT2D eigenvalue weighted by Gasteiger charge is 2.17. The number of amides is 2. The van der Waals surface area contributed by atoms with Crippen LogP contribution in [0.4, 0.5) is 0 Å². The molecule has 27 heavy (non-hydrogen) atoms. The van der Waals surface area contributed by atoms with E-state index in [0.717, 1.165) is 11.1 Å². The Kier molecular flexibility index (Phi) is 7.99. The lowest BCUT2D eigenvalue weighted by Crippen LogP contribution is -2.44. The molecule has 0 aliphatic rings. The molecule has 142 valence electrons. The Morgan fingerprint density at radius 3 is 1.48 bits per heavy atom. The van der Waals surface area contributed by atoms with E-state index in [2.05, 4.69) is 10.6 Å². The molecular weight excluding hydrogens is 346 g/mol. The number of aliphatic carboxylic acids is 1. The van der Waals surface area contributed by atoms with E-state index in [1.807, 2.05) is 60.7 Å². The normalized spacial score (nSPS) is 10.4. The molecule has 2 aromatic carbocycles. The van der Waals surface area contributed by atoms with Crippen molar-refractivity contribution in [3.8, 4) is 0 Å². The van der Waals surface area contributed by atoms with Crippen LogP contribution < -0.4 is 10.6 Å². The molecule has 0 radical (unpaired) electrons. The van der Waals surface area contributed by atoms with Crippen molar-refractivity contribution in [2.45, 2.75) is 13.1 Å². The standard InChI is InChI=1S/C20H23N3O4/c24-18(21-11-16-7-3-1-4-8-16)13-23(15-20(26)27)14-19(25)22-12-17-9-5-2-6-10-17/h1-10H,11-15H2,(H,21,24)(H,22,25)(H,26,27). The predicted octanol–water partition coefficient (Wildman–Crippen LogP) is 1.01. The van der Waals surface area contributed by atoms with E-state index in [1.54, 1.807) is 0 Å². The van der Waals surface area contributed by atoms with Crippen LogP contribution >= 0.6 is 0 Å². The smallest absolute Gasteiger partial charge is 0.317 e. The van der Waals surface area contributed by atoms with Crippen molar-refractivity contribution in [3.05, 3.63) is 71.8 Å². The minimum atomic E-state index is -1.10. The molecule has 2 aromatic rings. The summed E-state index contributed by atoms with van der Waals surface area (Å²) in [6.45, 7) is -0.0329. The summed E-state index contributed by atoms with van der Waals surface area (Å²) in [5, 5.41) is 14.5. The maximum atomic E-state index is 12.1. The van der Waals surface area contributed by atoms with E-state index < -0.39 is 12.5 Å². The molecule has 0 aliphatic heterocycles. The van der Waals surface area contributed by atoms with Gasteiger partial charge in [0.25, 0.3) is 0 Å². The highest BCUT2D eigenvalue weighted by Crippen LogP contribution is 1.99. The number of carboxylic acids is 1. The third kappa shape index (κ3) is 8.15. The van der Waals surface area contributed by atoms with Crippen LogP contribution in [0.15, 0.2) is 60.7 Å². The fraction of sp³-hybridized carbons (Fsp3) is 0.250. The van der Waals surface area contributed by atoms with Crippen LogP contribution in [0.25, 0.3) is 0 Å². The summed E-state index contributed by atoms with van der Waals surface area (Å²) in [6, 6.07) is 18.8. The summed E-state index contributed by atoms with van der Waals surface area (Å²) < 4.78 is 0. The largest absolute Gasteiger partial charge is 0.480 e. The van der Waals surface area contributed by atoms with Crippen LogP contribution in [0.2, 0.25) is 0 Å². The molecular formula is C20H23N3O4. The van der Waals surface area contributed by atoms with E-state index >= 15 is 0 Å². The monoisotopic (exact) mass is 369 g/mol. The minimum Gasteiger partial charge on any atom is -0.480 e. The Morgan fingerprint density at radius 2 is 1.11 bits per heavy atom. The van der Waals surface area contributed by atoms with Gasteiger partial charge in [-0.3, -0.25) is 19.3 Å². The van der Waals surface area contributed by atoms with E-state index in [4.69, 9.17) is 5.11 Å². The van der Waals surface area contributed by atoms with Gasteiger partial charge in [-0.1, -0.05) is 60.7 Å². The number of carboxylic acid groups (broad SMARTS) is 1. The summed E-state index contributed by atoms with van der Waals surface area (Å²) in [5.41, 5.74) is 1.88. The molecule has 0 aromatic heterocycles. The van der Waals surface area contributed by atoms with Gasteiger partial charge >= 0.3 is 5.97 Å². The number of nitrogens with one attached hydrogen (secondary N) is 2. The van der Waals surface area contributed by atoms with Crippen LogP contribution in [0.3, 0.4) is 0 Å². The molecule has 7 nitrogen and oxygen atoms in total. The molecule has 0 atom stereocenters. The third-order valence-electron chi connectivity index (χ3n) is 3.76. The second-order valence-corrected chi connectivity index (χ2v) is 6.06. The molecule has 7 heteroatoms. The molecule has 0 fully saturated rings. The van der Waals surface area contributed by atoms with Crippen molar-refractivity contribution < 1.29 is 19.5 Å². The van der Waals surface area contributed by atoms with Gasteiger partial charge in [-0.2, -0.15) is 0 Å². The molecule has 0 saturated heterocycles. The van der Waals surface area contributed by atoms with Crippen molar-refractivity contribution in [1.82, 2.24) is 15.5 Å². The van der Waals surface area contributed by atoms with Crippen molar-refractivity contribution in [3.63, 3.8) is 0 Å². The van der Waals surface area contributed by atoms with Gasteiger partial charge in [-0.25, -0.2) is 0 Å². The Balaban J connectivity index is 1.81. The van der Waals surface area contributed by atoms with Gasteiger partial charge in [0.2, 0.25) is 11.8 Å². The van der Waals surface area contributed by atoms with Crippen LogP contribution in [0.5, 0.6) is 0 Å². The molecule has 0 heterocycles. The molecule has 0 spiro atoms. The van der Waals surface area contributed by atoms with Crippen LogP contribution in [0.1, 0.15) is 11.1 Å². The fourth-order valence-corrected chi connectivity index (χ4v) is 2.47. The van der Waals surface area contributed by atoms with E-state index in [-0.39, 0.29) is 24.9 Å². The lowest BCUT2D eigenvalue weighted by Gasteiger charge is -2.19. The molecule has 0 saturated carbocycles. The fourth-order valence-electron chi connectivity index (χ4n) is 2.47. The summed E-state index contributed by atoms with van der Waals surface area (Å²) in [7, 11) is 0. The number of hydrogen-bond acceptors (Lipinski definition) is 4. The number of benzene rings is 2. The summed E-state index contributed by atoms with van der Waals surface area (Å²) >= 11 is 0. The van der Waals surface area contributed by atoms with Crippen LogP contribution in [-0.2, 0) is 27.5 Å². The van der Waals surface area contributed by atoms with Crippen molar-refractivity contribution in [2.75, 3.05) is 19.6 Å². The van der Waals surface area contributed by atoms with E-state index in [1.165, 1.54) is 4.90 Å². The maximum Gasteiger partial charge on any atom is 0.317 e. The molecule has 0 unspecified atom stereocenters. The number of rotatable bonds is 10. The average molecular weight is 369 g/mol. The van der Waals surface area contributed by atoms with Crippen molar-refractivity contribution in [1.29, 1.82) is 0 Å². The number of hydrogen-bond donors (Lipinski definition) is 3. The van der Waals surface area contributed by atoms with E-state index in [9.17, 15) is 14.4 Å². The maximum absolute atomic E-state index is 12.1. The van der Waals surface area contributed by atoms with Gasteiger partial charge in [-0.05, 0) is 11.1 Å². The SMILES string of the molecule is O=C(O)CN(CC(=O)NCc1ccccc1)CC(=O)NCc1ccccc1. The second-order valence-electron chi connectivity index (χ2n) is 6.06. The van der Waals surface area contributed by atoms with Crippen LogP contribution in [0, 0.1) is 0 Å². The zero-order valence-corrected chi connectivity index (χ0v) is 14.9. The lowest BCUT2D eigenvalue weighted by molar-refractivity contribution is -0.139. The molecule has 2 amide bonds. The van der Waals surface area contributed by atoms with Gasteiger partial charge in [0, 0.05) is 13.1 Å². The minimum absolute atomic E-state index is 0.169. The lowest BCUT2D eigenvalue weighted by atomic mass is 10.2. The number of carbonyl (C=O) groups is 3. The van der Waals surface area contributed by atoms with Crippen molar-refractivity contribution >= 4 is 17.8 Å². The van der Waals surface area contributed by atoms with Gasteiger partial charge in [0.15, 0.2) is 0 Å². The molecule has 2 rings (SSSR count). The summed E-state index contributed by atoms with van der Waals surface area (Å²) in [6.07, 6.45) is 0. The predicted molar refractivity (Wildman–Crippen MR) is 101 cm³/mol. The number of carbonyl (C=O) groups excluding carboxylic acids is 2. The molecule has 3 N–H and O–H groups in total. The second kappa shape index (κ2) is 10.7. The Morgan fingerprint density at radius 1 is 0.704 bits per heavy atom. The Bertz CT molecular complexity index is 693. The van der Waals surface area contributed by atoms with Gasteiger partial charge in [0.1, 0.15) is 0 Å². The van der Waals surface area contributed by atoms with Crippen molar-refractivity contribution in [2.24, 2.45) is 0 Å². The first kappa shape index (κ1) is 20.1. The van der Waals surface area contributed by atoms with E-state index in [0.29, 0.717) is 13.1 Å². The zero-order valence-electron chi connectivity index (χ0n) is 14.9. The first-order valence-corrected chi connectivity index (χ1v) is 8.58. The average Bonchev–Trinajstić information content (AvgIpc) is 2.66. The first-order valence-electron chi connectivity index (χ1n) is 8.58. The van der Waals surface area contributed by atoms with Gasteiger partial charge in [0.05, 0.1) is 19.6 Å². The quantitative estimate of drug-likeness (QED) is 0.580. The third-order valence-corrected chi connectivity index (χ3v) is 3.76. The zero-order chi connectivity index (χ0) is 19.5. The number of nitrogens with zero attached hydrogens (tertiary/aromatic N) is 1. The summed E-state index contributed by atoms with van der Waals surface area (Å²) in [5.74, 6) is -1.77. The molecule has 0 bridgehead atoms. The Labute approximate surface area is 158 Å². The van der Waals surface area contributed by atoms with Gasteiger partial charge < -0.3 is 15.7 Å². The topological polar surface area (TPSA) is 98.7 Å².